The number of hydrogen-bond acceptors (Lipinski definition) is 3. The molecule has 3 aromatic rings. The molecule has 1 N–H and O–H groups in total. The van der Waals surface area contributed by atoms with Gasteiger partial charge in [-0.2, -0.15) is 5.10 Å². The molecule has 4 heteroatoms. The monoisotopic (exact) mass is 295 g/mol. The van der Waals surface area contributed by atoms with Gasteiger partial charge in [-0.1, -0.05) is 30.3 Å². The summed E-state index contributed by atoms with van der Waals surface area (Å²) >= 11 is 0. The van der Waals surface area contributed by atoms with E-state index in [4.69, 9.17) is 4.42 Å². The van der Waals surface area contributed by atoms with Crippen molar-refractivity contribution < 1.29 is 4.42 Å². The predicted octanol–water partition coefficient (Wildman–Crippen LogP) is 3.84. The fourth-order valence-electron chi connectivity index (χ4n) is 2.64. The minimum absolute atomic E-state index is 0.235. The second kappa shape index (κ2) is 6.20. The molecule has 0 amide bonds. The molecule has 2 aromatic heterocycles. The molecule has 1 unspecified atom stereocenters. The maximum absolute atomic E-state index is 5.91. The highest BCUT2D eigenvalue weighted by molar-refractivity contribution is 5.57. The third kappa shape index (κ3) is 3.12. The summed E-state index contributed by atoms with van der Waals surface area (Å²) in [5.74, 6) is 1.84. The van der Waals surface area contributed by atoms with Crippen LogP contribution in [0.25, 0.3) is 11.3 Å². The third-order valence-electron chi connectivity index (χ3n) is 3.82. The minimum atomic E-state index is 0.235. The van der Waals surface area contributed by atoms with Crippen molar-refractivity contribution in [3.63, 3.8) is 0 Å². The molecule has 0 bridgehead atoms. The van der Waals surface area contributed by atoms with Crippen LogP contribution in [0.1, 0.15) is 30.0 Å². The van der Waals surface area contributed by atoms with Gasteiger partial charge in [0.2, 0.25) is 0 Å². The molecule has 0 aliphatic rings. The summed E-state index contributed by atoms with van der Waals surface area (Å²) in [6.45, 7) is 4.88. The number of rotatable bonds is 5. The lowest BCUT2D eigenvalue weighted by Gasteiger charge is -2.11. The van der Waals surface area contributed by atoms with Crippen LogP contribution in [-0.2, 0) is 13.6 Å². The molecule has 0 radical (unpaired) electrons. The Balaban J connectivity index is 1.65. The van der Waals surface area contributed by atoms with Crippen molar-refractivity contribution in [1.29, 1.82) is 0 Å². The molecule has 0 saturated carbocycles. The highest BCUT2D eigenvalue weighted by atomic mass is 16.3. The van der Waals surface area contributed by atoms with Crippen LogP contribution in [0.4, 0.5) is 0 Å². The van der Waals surface area contributed by atoms with Crippen LogP contribution in [0.5, 0.6) is 0 Å². The number of furan rings is 1. The van der Waals surface area contributed by atoms with Crippen molar-refractivity contribution in [3.05, 3.63) is 65.7 Å². The summed E-state index contributed by atoms with van der Waals surface area (Å²) in [7, 11) is 1.95. The molecule has 0 aliphatic carbocycles. The zero-order valence-corrected chi connectivity index (χ0v) is 13.2. The average molecular weight is 295 g/mol. The molecule has 3 rings (SSSR count). The van der Waals surface area contributed by atoms with Gasteiger partial charge in [0, 0.05) is 30.4 Å². The Morgan fingerprint density at radius 1 is 1.18 bits per heavy atom. The van der Waals surface area contributed by atoms with Crippen LogP contribution < -0.4 is 5.32 Å². The van der Waals surface area contributed by atoms with Crippen LogP contribution in [0.2, 0.25) is 0 Å². The summed E-state index contributed by atoms with van der Waals surface area (Å²) in [5, 5.41) is 7.87. The van der Waals surface area contributed by atoms with Gasteiger partial charge in [0.15, 0.2) is 0 Å². The Morgan fingerprint density at radius 2 is 1.95 bits per heavy atom. The van der Waals surface area contributed by atoms with Gasteiger partial charge in [-0.15, -0.1) is 0 Å². The number of nitrogens with zero attached hydrogens (tertiary/aromatic N) is 2. The van der Waals surface area contributed by atoms with Gasteiger partial charge in [0.1, 0.15) is 11.5 Å². The fraction of sp³-hybridized carbons (Fsp3) is 0.278. The first-order valence-electron chi connectivity index (χ1n) is 7.51. The van der Waals surface area contributed by atoms with Crippen molar-refractivity contribution in [2.75, 3.05) is 0 Å². The number of aromatic nitrogens is 2. The molecule has 1 aromatic carbocycles. The molecule has 2 heterocycles. The van der Waals surface area contributed by atoms with Gasteiger partial charge in [-0.25, -0.2) is 0 Å². The lowest BCUT2D eigenvalue weighted by molar-refractivity contribution is 0.467. The predicted molar refractivity (Wildman–Crippen MR) is 87.3 cm³/mol. The molecule has 4 nitrogen and oxygen atoms in total. The van der Waals surface area contributed by atoms with Crippen LogP contribution in [0.15, 0.2) is 53.1 Å². The van der Waals surface area contributed by atoms with E-state index >= 15 is 0 Å². The zero-order valence-electron chi connectivity index (χ0n) is 13.2. The maximum atomic E-state index is 5.91. The number of nitrogens with one attached hydrogen (secondary N) is 1. The van der Waals surface area contributed by atoms with Gasteiger partial charge >= 0.3 is 0 Å². The summed E-state index contributed by atoms with van der Waals surface area (Å²) in [4.78, 5) is 0. The Kier molecular flexibility index (Phi) is 4.11. The van der Waals surface area contributed by atoms with Crippen LogP contribution in [0, 0.1) is 6.92 Å². The van der Waals surface area contributed by atoms with Crippen LogP contribution >= 0.6 is 0 Å². The zero-order chi connectivity index (χ0) is 15.5. The normalized spacial score (nSPS) is 12.5. The van der Waals surface area contributed by atoms with E-state index < -0.39 is 0 Å². The van der Waals surface area contributed by atoms with E-state index in [0.717, 1.165) is 22.8 Å². The Morgan fingerprint density at radius 3 is 2.64 bits per heavy atom. The van der Waals surface area contributed by atoms with Crippen LogP contribution in [0.3, 0.4) is 0 Å². The maximum Gasteiger partial charge on any atom is 0.134 e. The molecule has 0 fully saturated rings. The largest absolute Gasteiger partial charge is 0.460 e. The van der Waals surface area contributed by atoms with E-state index in [1.54, 1.807) is 0 Å². The lowest BCUT2D eigenvalue weighted by Crippen LogP contribution is -2.18. The Hall–Kier alpha value is -2.33. The SMILES string of the molecule is Cc1nn(C)cc1C(C)NCc1ccc(-c2ccccc2)o1. The molecule has 0 aliphatic heterocycles. The summed E-state index contributed by atoms with van der Waals surface area (Å²) < 4.78 is 7.76. The first kappa shape index (κ1) is 14.6. The van der Waals surface area contributed by atoms with E-state index in [2.05, 4.69) is 35.7 Å². The molecule has 0 saturated heterocycles. The highest BCUT2D eigenvalue weighted by Crippen LogP contribution is 2.22. The topological polar surface area (TPSA) is 43.0 Å². The average Bonchev–Trinajstić information content (AvgIpc) is 3.12. The number of benzene rings is 1. The number of hydrogen-bond donors (Lipinski definition) is 1. The van der Waals surface area contributed by atoms with Gasteiger partial charge in [-0.3, -0.25) is 4.68 Å². The van der Waals surface area contributed by atoms with Gasteiger partial charge < -0.3 is 9.73 Å². The number of aryl methyl sites for hydroxylation is 2. The Bertz CT molecular complexity index is 743. The fourth-order valence-corrected chi connectivity index (χ4v) is 2.64. The summed E-state index contributed by atoms with van der Waals surface area (Å²) in [6.07, 6.45) is 2.06. The van der Waals surface area contributed by atoms with Crippen molar-refractivity contribution in [1.82, 2.24) is 15.1 Å². The van der Waals surface area contributed by atoms with Gasteiger partial charge in [0.25, 0.3) is 0 Å². The van der Waals surface area contributed by atoms with E-state index in [9.17, 15) is 0 Å². The molecule has 22 heavy (non-hydrogen) atoms. The smallest absolute Gasteiger partial charge is 0.134 e. The van der Waals surface area contributed by atoms with Crippen molar-refractivity contribution in [2.45, 2.75) is 26.4 Å². The standard InChI is InChI=1S/C18H21N3O/c1-13(17-12-21(3)20-14(17)2)19-11-16-9-10-18(22-16)15-7-5-4-6-8-15/h4-10,12-13,19H,11H2,1-3H3. The van der Waals surface area contributed by atoms with E-state index in [1.807, 2.05) is 49.0 Å². The van der Waals surface area contributed by atoms with Crippen molar-refractivity contribution in [3.8, 4) is 11.3 Å². The second-order valence-corrected chi connectivity index (χ2v) is 5.58. The lowest BCUT2D eigenvalue weighted by atomic mass is 10.1. The van der Waals surface area contributed by atoms with E-state index in [0.29, 0.717) is 6.54 Å². The van der Waals surface area contributed by atoms with Gasteiger partial charge in [-0.05, 0) is 26.0 Å². The van der Waals surface area contributed by atoms with Crippen LogP contribution in [-0.4, -0.2) is 9.78 Å². The summed E-state index contributed by atoms with van der Waals surface area (Å²) in [6, 6.07) is 14.4. The van der Waals surface area contributed by atoms with Crippen molar-refractivity contribution in [2.24, 2.45) is 7.05 Å². The summed E-state index contributed by atoms with van der Waals surface area (Å²) in [5.41, 5.74) is 3.38. The van der Waals surface area contributed by atoms with E-state index in [-0.39, 0.29) is 6.04 Å². The first-order valence-corrected chi connectivity index (χ1v) is 7.51. The van der Waals surface area contributed by atoms with Crippen molar-refractivity contribution >= 4 is 0 Å². The van der Waals surface area contributed by atoms with Gasteiger partial charge in [0.05, 0.1) is 12.2 Å². The molecular weight excluding hydrogens is 274 g/mol. The quantitative estimate of drug-likeness (QED) is 0.777. The molecule has 1 atom stereocenters. The second-order valence-electron chi connectivity index (χ2n) is 5.58. The third-order valence-corrected chi connectivity index (χ3v) is 3.82. The Labute approximate surface area is 130 Å². The highest BCUT2D eigenvalue weighted by Gasteiger charge is 2.12. The first-order chi connectivity index (χ1) is 10.6. The minimum Gasteiger partial charge on any atom is -0.460 e. The molecule has 0 spiro atoms. The molecule has 114 valence electrons. The van der Waals surface area contributed by atoms with E-state index in [1.165, 1.54) is 5.56 Å². The molecular formula is C18H21N3O.